The monoisotopic (exact) mass is 474 g/mol. The lowest BCUT2D eigenvalue weighted by Gasteiger charge is -2.36. The molecule has 2 aromatic rings. The van der Waals surface area contributed by atoms with Crippen LogP contribution in [0.4, 0.5) is 4.79 Å². The van der Waals surface area contributed by atoms with E-state index in [0.29, 0.717) is 25.5 Å². The fourth-order valence-electron chi connectivity index (χ4n) is 3.52. The first kappa shape index (κ1) is 25.0. The maximum absolute atomic E-state index is 13.2. The number of carboxylic acids is 1. The minimum atomic E-state index is -1.21. The van der Waals surface area contributed by atoms with Crippen LogP contribution in [0.1, 0.15) is 46.5 Å². The lowest BCUT2D eigenvalue weighted by molar-refractivity contribution is -0.144. The molecule has 2 atom stereocenters. The fourth-order valence-corrected chi connectivity index (χ4v) is 3.52. The van der Waals surface area contributed by atoms with Gasteiger partial charge in [-0.15, -0.1) is 5.92 Å². The Balaban J connectivity index is 2.15. The van der Waals surface area contributed by atoms with Crippen LogP contribution in [0.15, 0.2) is 4.79 Å². The Morgan fingerprint density at radius 1 is 1.32 bits per heavy atom. The quantitative estimate of drug-likeness (QED) is 0.604. The molecule has 1 aliphatic rings. The Morgan fingerprint density at radius 3 is 2.65 bits per heavy atom. The van der Waals surface area contributed by atoms with Gasteiger partial charge < -0.3 is 24.5 Å². The van der Waals surface area contributed by atoms with Crippen molar-refractivity contribution >= 4 is 23.2 Å². The van der Waals surface area contributed by atoms with Gasteiger partial charge in [0, 0.05) is 26.7 Å². The van der Waals surface area contributed by atoms with Crippen molar-refractivity contribution in [2.75, 3.05) is 19.6 Å². The van der Waals surface area contributed by atoms with E-state index in [0.717, 1.165) is 4.57 Å². The number of rotatable bonds is 5. The van der Waals surface area contributed by atoms with Gasteiger partial charge in [0.25, 0.3) is 5.56 Å². The molecule has 0 radical (unpaired) electrons. The van der Waals surface area contributed by atoms with Crippen LogP contribution in [0.5, 0.6) is 6.01 Å². The zero-order valence-electron chi connectivity index (χ0n) is 20.2. The van der Waals surface area contributed by atoms with Gasteiger partial charge in [-0.25, -0.2) is 14.6 Å². The van der Waals surface area contributed by atoms with Crippen LogP contribution in [0.25, 0.3) is 11.2 Å². The van der Waals surface area contributed by atoms with Crippen molar-refractivity contribution in [3.8, 4) is 17.9 Å². The molecule has 12 nitrogen and oxygen atoms in total. The van der Waals surface area contributed by atoms with E-state index < -0.39 is 35.4 Å². The number of carbonyl (C=O) groups excluding carboxylic acids is 1. The maximum atomic E-state index is 13.2. The van der Waals surface area contributed by atoms with Gasteiger partial charge in [-0.1, -0.05) is 5.92 Å². The summed E-state index contributed by atoms with van der Waals surface area (Å²) in [5.41, 5.74) is -0.879. The van der Waals surface area contributed by atoms with Gasteiger partial charge in [-0.05, 0) is 34.6 Å². The zero-order chi connectivity index (χ0) is 25.2. The smallest absolute Gasteiger partial charge is 0.411 e. The summed E-state index contributed by atoms with van der Waals surface area (Å²) in [7, 11) is 1.44. The third-order valence-electron chi connectivity index (χ3n) is 5.19. The summed E-state index contributed by atoms with van der Waals surface area (Å²) in [5.74, 6) is 4.98. The average molecular weight is 475 g/mol. The van der Waals surface area contributed by atoms with E-state index in [1.807, 2.05) is 0 Å². The van der Waals surface area contributed by atoms with E-state index in [1.54, 1.807) is 37.2 Å². The minimum absolute atomic E-state index is 0.0818. The molecular weight excluding hydrogens is 444 g/mol. The number of nitrogens with one attached hydrogen (secondary N) is 1. The second-order valence-electron chi connectivity index (χ2n) is 8.91. The highest BCUT2D eigenvalue weighted by Gasteiger charge is 2.35. The third-order valence-corrected chi connectivity index (χ3v) is 5.19. The van der Waals surface area contributed by atoms with Gasteiger partial charge in [-0.2, -0.15) is 4.98 Å². The van der Waals surface area contributed by atoms with Gasteiger partial charge in [-0.3, -0.25) is 14.3 Å². The first-order valence-corrected chi connectivity index (χ1v) is 10.9. The molecular formula is C22H30N6O6. The first-order valence-electron chi connectivity index (χ1n) is 10.9. The Kier molecular flexibility index (Phi) is 7.16. The Hall–Kier alpha value is -3.59. The van der Waals surface area contributed by atoms with Gasteiger partial charge >= 0.3 is 18.1 Å². The Bertz CT molecular complexity index is 1210. The summed E-state index contributed by atoms with van der Waals surface area (Å²) in [4.78, 5) is 47.9. The largest absolute Gasteiger partial charge is 0.479 e. The number of nitrogens with zero attached hydrogens (tertiary/aromatic N) is 5. The predicted octanol–water partition coefficient (Wildman–Crippen LogP) is 0.887. The highest BCUT2D eigenvalue weighted by atomic mass is 16.6. The SMILES string of the molecule is CC#CCn1c(C2CNCCN2C(=O)OC(C)(C)C)nc2nc(OC(C)C(=O)O)n(C)c(=O)c21. The van der Waals surface area contributed by atoms with E-state index >= 15 is 0 Å². The van der Waals surface area contributed by atoms with E-state index in [1.165, 1.54) is 14.0 Å². The topological polar surface area (TPSA) is 141 Å². The standard InChI is InChI=1S/C22H30N6O6/c1-7-8-10-28-15-16(25-20(26(6)18(15)29)33-13(2)19(30)31)24-17(28)14-12-23-9-11-27(14)21(32)34-22(3,4)5/h13-14,23H,9-12H2,1-6H3,(H,30,31). The second kappa shape index (κ2) is 9.72. The molecule has 1 fully saturated rings. The molecule has 1 amide bonds. The number of hydrogen-bond acceptors (Lipinski definition) is 8. The maximum Gasteiger partial charge on any atom is 0.411 e. The molecule has 3 heterocycles. The van der Waals surface area contributed by atoms with Crippen LogP contribution in [-0.4, -0.2) is 72.5 Å². The number of carboxylic acid groups (broad SMARTS) is 1. The van der Waals surface area contributed by atoms with Gasteiger partial charge in [0.1, 0.15) is 17.5 Å². The molecule has 2 unspecified atom stereocenters. The highest BCUT2D eigenvalue weighted by Crippen LogP contribution is 2.27. The van der Waals surface area contributed by atoms with Crippen molar-refractivity contribution in [2.45, 2.75) is 58.9 Å². The van der Waals surface area contributed by atoms with Crippen LogP contribution in [0, 0.1) is 11.8 Å². The average Bonchev–Trinajstić information content (AvgIpc) is 3.12. The van der Waals surface area contributed by atoms with Gasteiger partial charge in [0.05, 0.1) is 6.54 Å². The normalized spacial score (nSPS) is 17.1. The number of piperazine rings is 1. The minimum Gasteiger partial charge on any atom is -0.479 e. The molecule has 0 saturated carbocycles. The van der Waals surface area contributed by atoms with Crippen molar-refractivity contribution in [3.63, 3.8) is 0 Å². The van der Waals surface area contributed by atoms with E-state index in [2.05, 4.69) is 27.1 Å². The molecule has 0 aromatic carbocycles. The van der Waals surface area contributed by atoms with E-state index in [9.17, 15) is 14.4 Å². The molecule has 0 aliphatic carbocycles. The Morgan fingerprint density at radius 2 is 2.03 bits per heavy atom. The number of carbonyl (C=O) groups is 2. The number of aliphatic carboxylic acids is 1. The van der Waals surface area contributed by atoms with Crippen LogP contribution < -0.4 is 15.6 Å². The molecule has 0 bridgehead atoms. The molecule has 1 saturated heterocycles. The Labute approximate surface area is 196 Å². The van der Waals surface area contributed by atoms with E-state index in [-0.39, 0.29) is 23.7 Å². The molecule has 184 valence electrons. The first-order chi connectivity index (χ1) is 15.9. The number of imidazole rings is 1. The lowest BCUT2D eigenvalue weighted by Crippen LogP contribution is -2.50. The summed E-state index contributed by atoms with van der Waals surface area (Å²) >= 11 is 0. The second-order valence-corrected chi connectivity index (χ2v) is 8.91. The van der Waals surface area contributed by atoms with Crippen molar-refractivity contribution in [3.05, 3.63) is 16.2 Å². The van der Waals surface area contributed by atoms with Crippen LogP contribution >= 0.6 is 0 Å². The molecule has 2 N–H and O–H groups in total. The summed E-state index contributed by atoms with van der Waals surface area (Å²) in [5, 5.41) is 12.4. The molecule has 3 rings (SSSR count). The molecule has 0 spiro atoms. The van der Waals surface area contributed by atoms with Crippen molar-refractivity contribution in [1.29, 1.82) is 0 Å². The van der Waals surface area contributed by atoms with E-state index in [4.69, 9.17) is 14.6 Å². The molecule has 2 aromatic heterocycles. The number of aromatic nitrogens is 4. The zero-order valence-corrected chi connectivity index (χ0v) is 20.2. The summed E-state index contributed by atoms with van der Waals surface area (Å²) in [6.45, 7) is 9.92. The third kappa shape index (κ3) is 5.14. The summed E-state index contributed by atoms with van der Waals surface area (Å²) < 4.78 is 13.7. The summed E-state index contributed by atoms with van der Waals surface area (Å²) in [6.07, 6.45) is -1.70. The summed E-state index contributed by atoms with van der Waals surface area (Å²) in [6, 6.07) is -0.709. The van der Waals surface area contributed by atoms with Gasteiger partial charge in [0.15, 0.2) is 17.3 Å². The number of fused-ring (bicyclic) bond motifs is 1. The predicted molar refractivity (Wildman–Crippen MR) is 122 cm³/mol. The van der Waals surface area contributed by atoms with Crippen molar-refractivity contribution < 1.29 is 24.2 Å². The van der Waals surface area contributed by atoms with Crippen LogP contribution in [0.2, 0.25) is 0 Å². The lowest BCUT2D eigenvalue weighted by atomic mass is 10.1. The fraction of sp³-hybridized carbons (Fsp3) is 0.591. The number of hydrogen-bond donors (Lipinski definition) is 2. The molecule has 1 aliphatic heterocycles. The van der Waals surface area contributed by atoms with Gasteiger partial charge in [0.2, 0.25) is 0 Å². The van der Waals surface area contributed by atoms with Crippen molar-refractivity contribution in [1.82, 2.24) is 29.3 Å². The number of ether oxygens (including phenoxy) is 2. The number of amides is 1. The van der Waals surface area contributed by atoms with Crippen LogP contribution in [0.3, 0.4) is 0 Å². The van der Waals surface area contributed by atoms with Crippen LogP contribution in [-0.2, 0) is 23.1 Å². The van der Waals surface area contributed by atoms with Crippen molar-refractivity contribution in [2.24, 2.45) is 7.05 Å². The highest BCUT2D eigenvalue weighted by molar-refractivity contribution is 5.74. The molecule has 34 heavy (non-hydrogen) atoms. The molecule has 12 heteroatoms.